The summed E-state index contributed by atoms with van der Waals surface area (Å²) in [7, 11) is 0. The number of hydrogen-bond acceptors (Lipinski definition) is 6. The highest BCUT2D eigenvalue weighted by molar-refractivity contribution is 5.95. The van der Waals surface area contributed by atoms with Crippen LogP contribution in [0.5, 0.6) is 6.01 Å². The second-order valence-corrected chi connectivity index (χ2v) is 9.59. The van der Waals surface area contributed by atoms with E-state index in [-0.39, 0.29) is 25.1 Å². The molecule has 0 aliphatic rings. The lowest BCUT2D eigenvalue weighted by atomic mass is 9.81. The normalized spacial score (nSPS) is 12.0. The molecule has 4 aromatic rings. The molecule has 0 saturated carbocycles. The van der Waals surface area contributed by atoms with Crippen LogP contribution in [0.1, 0.15) is 44.0 Å². The van der Waals surface area contributed by atoms with Gasteiger partial charge in [-0.05, 0) is 62.1 Å². The Labute approximate surface area is 234 Å². The third-order valence-corrected chi connectivity index (χ3v) is 6.75. The highest BCUT2D eigenvalue weighted by Crippen LogP contribution is 2.39. The summed E-state index contributed by atoms with van der Waals surface area (Å²) in [6.07, 6.45) is -1.56. The molecule has 0 spiro atoms. The first-order valence-corrected chi connectivity index (χ1v) is 13.0. The van der Waals surface area contributed by atoms with Crippen molar-refractivity contribution in [3.05, 3.63) is 124 Å². The Balaban J connectivity index is 1.72. The van der Waals surface area contributed by atoms with Gasteiger partial charge in [0.1, 0.15) is 0 Å². The van der Waals surface area contributed by atoms with E-state index in [4.69, 9.17) is 9.47 Å². The van der Waals surface area contributed by atoms with Crippen LogP contribution in [0.3, 0.4) is 0 Å². The largest absolute Gasteiger partial charge is 0.478 e. The van der Waals surface area contributed by atoms with Gasteiger partial charge in [-0.2, -0.15) is 0 Å². The smallest absolute Gasteiger partial charge is 0.348 e. The molecular formula is C32H33N3O5. The molecule has 0 aliphatic heterocycles. The predicted molar refractivity (Wildman–Crippen MR) is 151 cm³/mol. The van der Waals surface area contributed by atoms with Crippen molar-refractivity contribution in [2.75, 3.05) is 13.2 Å². The minimum Gasteiger partial charge on any atom is -0.478 e. The van der Waals surface area contributed by atoms with Gasteiger partial charge in [-0.25, -0.2) is 14.8 Å². The third kappa shape index (κ3) is 6.18. The fourth-order valence-electron chi connectivity index (χ4n) is 4.71. The van der Waals surface area contributed by atoms with Crippen molar-refractivity contribution in [2.45, 2.75) is 39.4 Å². The van der Waals surface area contributed by atoms with Crippen molar-refractivity contribution < 1.29 is 24.2 Å². The van der Waals surface area contributed by atoms with Crippen LogP contribution < -0.4 is 10.1 Å². The number of rotatable bonds is 11. The molecule has 1 heterocycles. The number of aromatic nitrogens is 2. The number of carbonyl (C=O) groups excluding carboxylic acids is 1. The Bertz CT molecular complexity index is 1420. The Morgan fingerprint density at radius 3 is 1.98 bits per heavy atom. The fourth-order valence-corrected chi connectivity index (χ4v) is 4.71. The lowest BCUT2D eigenvalue weighted by Gasteiger charge is -2.39. The zero-order valence-electron chi connectivity index (χ0n) is 23.0. The molecule has 0 saturated heterocycles. The summed E-state index contributed by atoms with van der Waals surface area (Å²) in [6.45, 7) is 7.57. The molecule has 1 atom stereocenters. The van der Waals surface area contributed by atoms with E-state index in [0.29, 0.717) is 28.1 Å². The van der Waals surface area contributed by atoms with Gasteiger partial charge >= 0.3 is 12.0 Å². The minimum atomic E-state index is -1.60. The van der Waals surface area contributed by atoms with Crippen molar-refractivity contribution in [3.63, 3.8) is 0 Å². The Kier molecular flexibility index (Phi) is 8.91. The van der Waals surface area contributed by atoms with Gasteiger partial charge in [-0.15, -0.1) is 0 Å². The summed E-state index contributed by atoms with van der Waals surface area (Å²) in [6, 6.07) is 25.4. The van der Waals surface area contributed by atoms with Crippen molar-refractivity contribution >= 4 is 11.9 Å². The standard InChI is InChI=1S/C32H33N3O5/c1-21-12-11-17-27(24(21)4)29(36)33-18-19-39-32(25-13-7-5-8-14-25,26-15-9-6-10-16-26)28(30(37)38)40-31-34-22(2)20-23(3)35-31/h5-17,20,28H,18-19H2,1-4H3,(H,33,36)(H,37,38). The van der Waals surface area contributed by atoms with Gasteiger partial charge in [0.25, 0.3) is 5.91 Å². The first kappa shape index (κ1) is 28.4. The van der Waals surface area contributed by atoms with E-state index in [1.807, 2.05) is 62.4 Å². The number of carbonyl (C=O) groups is 2. The molecule has 8 nitrogen and oxygen atoms in total. The van der Waals surface area contributed by atoms with Crippen LogP contribution in [0, 0.1) is 27.7 Å². The molecule has 0 bridgehead atoms. The molecule has 1 amide bonds. The molecule has 0 radical (unpaired) electrons. The number of carboxylic acid groups (broad SMARTS) is 1. The van der Waals surface area contributed by atoms with Crippen LogP contribution in [0.25, 0.3) is 0 Å². The number of nitrogens with one attached hydrogen (secondary N) is 1. The predicted octanol–water partition coefficient (Wildman–Crippen LogP) is 4.93. The molecule has 2 N–H and O–H groups in total. The van der Waals surface area contributed by atoms with Gasteiger partial charge in [0.2, 0.25) is 6.10 Å². The number of ether oxygens (including phenoxy) is 2. The monoisotopic (exact) mass is 539 g/mol. The Hall–Kier alpha value is -4.56. The summed E-state index contributed by atoms with van der Waals surface area (Å²) in [5.41, 5.74) is 3.33. The molecule has 8 heteroatoms. The van der Waals surface area contributed by atoms with E-state index >= 15 is 0 Å². The molecule has 0 fully saturated rings. The molecular weight excluding hydrogens is 506 g/mol. The van der Waals surface area contributed by atoms with Gasteiger partial charge < -0.3 is 19.9 Å². The third-order valence-electron chi connectivity index (χ3n) is 6.75. The molecule has 1 aromatic heterocycles. The van der Waals surface area contributed by atoms with Crippen LogP contribution in [-0.4, -0.2) is 46.2 Å². The molecule has 206 valence electrons. The maximum atomic E-state index is 12.9. The Morgan fingerprint density at radius 2 is 1.43 bits per heavy atom. The highest BCUT2D eigenvalue weighted by Gasteiger charge is 2.50. The molecule has 1 unspecified atom stereocenters. The number of aliphatic carboxylic acids is 1. The molecule has 0 aliphatic carbocycles. The lowest BCUT2D eigenvalue weighted by molar-refractivity contribution is -0.164. The zero-order chi connectivity index (χ0) is 28.7. The first-order valence-electron chi connectivity index (χ1n) is 13.0. The summed E-state index contributed by atoms with van der Waals surface area (Å²) < 4.78 is 12.6. The molecule has 40 heavy (non-hydrogen) atoms. The highest BCUT2D eigenvalue weighted by atomic mass is 16.6. The van der Waals surface area contributed by atoms with Crippen LogP contribution in [0.2, 0.25) is 0 Å². The van der Waals surface area contributed by atoms with Gasteiger partial charge in [0.15, 0.2) is 5.60 Å². The van der Waals surface area contributed by atoms with E-state index in [1.54, 1.807) is 50.2 Å². The second kappa shape index (κ2) is 12.5. The van der Waals surface area contributed by atoms with E-state index in [0.717, 1.165) is 11.1 Å². The minimum absolute atomic E-state index is 0.00122. The van der Waals surface area contributed by atoms with Gasteiger partial charge in [0, 0.05) is 23.5 Å². The zero-order valence-corrected chi connectivity index (χ0v) is 23.0. The number of carboxylic acids is 1. The van der Waals surface area contributed by atoms with Crippen LogP contribution in [0.15, 0.2) is 84.9 Å². The van der Waals surface area contributed by atoms with E-state index < -0.39 is 17.7 Å². The number of nitrogens with zero attached hydrogens (tertiary/aromatic N) is 2. The number of benzene rings is 3. The number of hydrogen-bond donors (Lipinski definition) is 2. The quantitative estimate of drug-likeness (QED) is 0.260. The SMILES string of the molecule is Cc1cc(C)nc(OC(C(=O)O)C(OCCNC(=O)c2cccc(C)c2C)(c2ccccc2)c2ccccc2)n1. The molecule has 4 rings (SSSR count). The van der Waals surface area contributed by atoms with Gasteiger partial charge in [0.05, 0.1) is 6.61 Å². The van der Waals surface area contributed by atoms with Crippen LogP contribution >= 0.6 is 0 Å². The maximum Gasteiger partial charge on any atom is 0.348 e. The average Bonchev–Trinajstić information content (AvgIpc) is 2.94. The van der Waals surface area contributed by atoms with E-state index in [1.165, 1.54) is 0 Å². The lowest BCUT2D eigenvalue weighted by Crippen LogP contribution is -2.52. The van der Waals surface area contributed by atoms with Crippen LogP contribution in [0.4, 0.5) is 0 Å². The van der Waals surface area contributed by atoms with E-state index in [2.05, 4.69) is 15.3 Å². The summed E-state index contributed by atoms with van der Waals surface area (Å²) in [4.78, 5) is 34.5. The number of aryl methyl sites for hydroxylation is 3. The summed E-state index contributed by atoms with van der Waals surface area (Å²) in [5.74, 6) is -1.49. The van der Waals surface area contributed by atoms with Crippen molar-refractivity contribution in [1.29, 1.82) is 0 Å². The van der Waals surface area contributed by atoms with Crippen molar-refractivity contribution in [3.8, 4) is 6.01 Å². The van der Waals surface area contributed by atoms with Gasteiger partial charge in [-0.1, -0.05) is 72.8 Å². The van der Waals surface area contributed by atoms with Crippen molar-refractivity contribution in [2.24, 2.45) is 0 Å². The second-order valence-electron chi connectivity index (χ2n) is 9.59. The van der Waals surface area contributed by atoms with Crippen LogP contribution in [-0.2, 0) is 15.1 Å². The van der Waals surface area contributed by atoms with Crippen molar-refractivity contribution in [1.82, 2.24) is 15.3 Å². The van der Waals surface area contributed by atoms with Gasteiger partial charge in [-0.3, -0.25) is 4.79 Å². The van der Waals surface area contributed by atoms with E-state index in [9.17, 15) is 14.7 Å². The Morgan fingerprint density at radius 1 is 0.850 bits per heavy atom. The summed E-state index contributed by atoms with van der Waals surface area (Å²) >= 11 is 0. The maximum absolute atomic E-state index is 12.9. The fraction of sp³-hybridized carbons (Fsp3) is 0.250. The topological polar surface area (TPSA) is 111 Å². The average molecular weight is 540 g/mol. The number of amides is 1. The first-order chi connectivity index (χ1) is 19.2. The summed E-state index contributed by atoms with van der Waals surface area (Å²) in [5, 5.41) is 13.4. The molecule has 3 aromatic carbocycles.